The molecule has 0 heterocycles. The number of hydrogen-bond acceptors (Lipinski definition) is 1. The van der Waals surface area contributed by atoms with Gasteiger partial charge in [0.15, 0.2) is 11.6 Å². The maximum atomic E-state index is 13.1. The van der Waals surface area contributed by atoms with Gasteiger partial charge in [0.05, 0.1) is 10.6 Å². The maximum Gasteiger partial charge on any atom is 0.252 e. The lowest BCUT2D eigenvalue weighted by Crippen LogP contribution is -2.26. The Hall–Kier alpha value is -1.94. The normalized spacial score (nSPS) is 10.3. The first-order valence-corrected chi connectivity index (χ1v) is 6.42. The minimum Gasteiger partial charge on any atom is -0.352 e. The van der Waals surface area contributed by atoms with Crippen molar-refractivity contribution in [1.29, 1.82) is 0 Å². The molecule has 0 atom stereocenters. The second-order valence-electron chi connectivity index (χ2n) is 4.24. The van der Waals surface area contributed by atoms with Crippen molar-refractivity contribution in [3.05, 3.63) is 70.2 Å². The van der Waals surface area contributed by atoms with Crippen LogP contribution in [0.2, 0.25) is 5.02 Å². The van der Waals surface area contributed by atoms with Crippen LogP contribution in [0.5, 0.6) is 0 Å². The van der Waals surface area contributed by atoms with E-state index in [1.165, 1.54) is 0 Å². The summed E-state index contributed by atoms with van der Waals surface area (Å²) in [5.41, 5.74) is 1.00. The molecule has 1 amide bonds. The summed E-state index contributed by atoms with van der Waals surface area (Å²) in [6.07, 6.45) is 0.647. The largest absolute Gasteiger partial charge is 0.352 e. The molecule has 0 aliphatic carbocycles. The van der Waals surface area contributed by atoms with E-state index in [0.29, 0.717) is 13.0 Å². The minimum atomic E-state index is -1.09. The van der Waals surface area contributed by atoms with Crippen LogP contribution < -0.4 is 5.32 Å². The number of nitrogens with one attached hydrogen (secondary N) is 1. The van der Waals surface area contributed by atoms with E-state index in [2.05, 4.69) is 5.32 Å². The van der Waals surface area contributed by atoms with E-state index < -0.39 is 17.5 Å². The maximum absolute atomic E-state index is 13.1. The molecule has 0 saturated heterocycles. The highest BCUT2D eigenvalue weighted by atomic mass is 35.5. The van der Waals surface area contributed by atoms with Gasteiger partial charge in [0, 0.05) is 6.54 Å². The van der Waals surface area contributed by atoms with E-state index in [1.54, 1.807) is 0 Å². The van der Waals surface area contributed by atoms with Gasteiger partial charge in [0.25, 0.3) is 5.91 Å². The molecule has 0 fully saturated rings. The second kappa shape index (κ2) is 6.48. The van der Waals surface area contributed by atoms with Gasteiger partial charge >= 0.3 is 0 Å². The molecule has 0 aliphatic rings. The van der Waals surface area contributed by atoms with E-state index in [9.17, 15) is 13.6 Å². The van der Waals surface area contributed by atoms with E-state index in [1.807, 2.05) is 30.3 Å². The standard InChI is InChI=1S/C15H12ClF2NO/c16-12-9-14(18)13(17)8-11(12)15(20)19-7-6-10-4-2-1-3-5-10/h1-5,8-9H,6-7H2,(H,19,20). The van der Waals surface area contributed by atoms with Crippen LogP contribution in [0.4, 0.5) is 8.78 Å². The molecular weight excluding hydrogens is 284 g/mol. The highest BCUT2D eigenvalue weighted by molar-refractivity contribution is 6.33. The van der Waals surface area contributed by atoms with Gasteiger partial charge in [-0.25, -0.2) is 8.78 Å². The Morgan fingerprint density at radius 3 is 2.45 bits per heavy atom. The zero-order chi connectivity index (χ0) is 14.5. The van der Waals surface area contributed by atoms with Crippen molar-refractivity contribution in [2.75, 3.05) is 6.54 Å². The molecule has 5 heteroatoms. The molecule has 0 bridgehead atoms. The molecule has 2 rings (SSSR count). The molecule has 104 valence electrons. The van der Waals surface area contributed by atoms with Crippen molar-refractivity contribution in [3.8, 4) is 0 Å². The molecule has 0 aromatic heterocycles. The fraction of sp³-hybridized carbons (Fsp3) is 0.133. The number of rotatable bonds is 4. The molecule has 0 spiro atoms. The number of carbonyl (C=O) groups excluding carboxylic acids is 1. The molecule has 0 unspecified atom stereocenters. The highest BCUT2D eigenvalue weighted by Crippen LogP contribution is 2.19. The fourth-order valence-electron chi connectivity index (χ4n) is 1.76. The Bertz CT molecular complexity index is 617. The molecule has 2 nitrogen and oxygen atoms in total. The van der Waals surface area contributed by atoms with Crippen LogP contribution in [-0.4, -0.2) is 12.5 Å². The summed E-state index contributed by atoms with van der Waals surface area (Å²) in [6, 6.07) is 11.2. The Labute approximate surface area is 120 Å². The first-order valence-electron chi connectivity index (χ1n) is 6.04. The first kappa shape index (κ1) is 14.5. The molecule has 0 aliphatic heterocycles. The van der Waals surface area contributed by atoms with Gasteiger partial charge in [-0.05, 0) is 24.1 Å². The summed E-state index contributed by atoms with van der Waals surface area (Å²) in [4.78, 5) is 11.8. The summed E-state index contributed by atoms with van der Waals surface area (Å²) < 4.78 is 26.0. The smallest absolute Gasteiger partial charge is 0.252 e. The van der Waals surface area contributed by atoms with Crippen molar-refractivity contribution >= 4 is 17.5 Å². The zero-order valence-corrected chi connectivity index (χ0v) is 11.3. The summed E-state index contributed by atoms with van der Waals surface area (Å²) in [5, 5.41) is 2.51. The van der Waals surface area contributed by atoms with Crippen LogP contribution in [0.1, 0.15) is 15.9 Å². The molecule has 0 radical (unpaired) electrons. The number of hydrogen-bond donors (Lipinski definition) is 1. The number of carbonyl (C=O) groups is 1. The molecule has 2 aromatic rings. The third-order valence-corrected chi connectivity index (χ3v) is 3.11. The average Bonchev–Trinajstić information content (AvgIpc) is 2.44. The fourth-order valence-corrected chi connectivity index (χ4v) is 1.99. The van der Waals surface area contributed by atoms with Gasteiger partial charge in [0.2, 0.25) is 0 Å². The van der Waals surface area contributed by atoms with Gasteiger partial charge in [-0.2, -0.15) is 0 Å². The van der Waals surface area contributed by atoms with Crippen LogP contribution in [-0.2, 0) is 6.42 Å². The van der Waals surface area contributed by atoms with Crippen molar-refractivity contribution in [1.82, 2.24) is 5.32 Å². The lowest BCUT2D eigenvalue weighted by Gasteiger charge is -2.07. The average molecular weight is 296 g/mol. The van der Waals surface area contributed by atoms with Crippen molar-refractivity contribution in [2.45, 2.75) is 6.42 Å². The van der Waals surface area contributed by atoms with E-state index in [-0.39, 0.29) is 10.6 Å². The third kappa shape index (κ3) is 3.54. The van der Waals surface area contributed by atoms with Gasteiger partial charge in [-0.3, -0.25) is 4.79 Å². The number of benzene rings is 2. The van der Waals surface area contributed by atoms with Crippen LogP contribution in [0.3, 0.4) is 0 Å². The quantitative estimate of drug-likeness (QED) is 0.858. The first-order chi connectivity index (χ1) is 9.58. The van der Waals surface area contributed by atoms with Crippen LogP contribution in [0.15, 0.2) is 42.5 Å². The zero-order valence-electron chi connectivity index (χ0n) is 10.5. The number of amides is 1. The summed E-state index contributed by atoms with van der Waals surface area (Å²) >= 11 is 5.72. The predicted molar refractivity (Wildman–Crippen MR) is 73.8 cm³/mol. The van der Waals surface area contributed by atoms with Crippen LogP contribution >= 0.6 is 11.6 Å². The Balaban J connectivity index is 1.97. The Kier molecular flexibility index (Phi) is 4.69. The highest BCUT2D eigenvalue weighted by Gasteiger charge is 2.14. The predicted octanol–water partition coefficient (Wildman–Crippen LogP) is 3.59. The van der Waals surface area contributed by atoms with Gasteiger partial charge in [-0.1, -0.05) is 41.9 Å². The van der Waals surface area contributed by atoms with E-state index in [0.717, 1.165) is 17.7 Å². The van der Waals surface area contributed by atoms with Crippen molar-refractivity contribution in [2.24, 2.45) is 0 Å². The Morgan fingerprint density at radius 1 is 1.10 bits per heavy atom. The minimum absolute atomic E-state index is 0.0707. The van der Waals surface area contributed by atoms with Gasteiger partial charge in [0.1, 0.15) is 0 Å². The topological polar surface area (TPSA) is 29.1 Å². The molecular formula is C15H12ClF2NO. The van der Waals surface area contributed by atoms with Gasteiger partial charge < -0.3 is 5.32 Å². The molecule has 20 heavy (non-hydrogen) atoms. The monoisotopic (exact) mass is 295 g/mol. The number of halogens is 3. The molecule has 1 N–H and O–H groups in total. The Morgan fingerprint density at radius 2 is 1.75 bits per heavy atom. The van der Waals surface area contributed by atoms with Crippen LogP contribution in [0, 0.1) is 11.6 Å². The van der Waals surface area contributed by atoms with E-state index in [4.69, 9.17) is 11.6 Å². The lowest BCUT2D eigenvalue weighted by atomic mass is 10.1. The third-order valence-electron chi connectivity index (χ3n) is 2.80. The molecule has 2 aromatic carbocycles. The second-order valence-corrected chi connectivity index (χ2v) is 4.64. The molecule has 0 saturated carbocycles. The van der Waals surface area contributed by atoms with Crippen molar-refractivity contribution < 1.29 is 13.6 Å². The van der Waals surface area contributed by atoms with Crippen molar-refractivity contribution in [3.63, 3.8) is 0 Å². The SMILES string of the molecule is O=C(NCCc1ccccc1)c1cc(F)c(F)cc1Cl. The summed E-state index contributed by atoms with van der Waals surface area (Å²) in [5.74, 6) is -2.69. The van der Waals surface area contributed by atoms with Gasteiger partial charge in [-0.15, -0.1) is 0 Å². The summed E-state index contributed by atoms with van der Waals surface area (Å²) in [7, 11) is 0. The van der Waals surface area contributed by atoms with E-state index >= 15 is 0 Å². The summed E-state index contributed by atoms with van der Waals surface area (Å²) in [6.45, 7) is 0.387. The van der Waals surface area contributed by atoms with Crippen LogP contribution in [0.25, 0.3) is 0 Å². The lowest BCUT2D eigenvalue weighted by molar-refractivity contribution is 0.0953.